The Morgan fingerprint density at radius 2 is 1.41 bits per heavy atom. The van der Waals surface area contributed by atoms with Crippen molar-refractivity contribution in [3.05, 3.63) is 58.9 Å². The van der Waals surface area contributed by atoms with Crippen LogP contribution in [0.1, 0.15) is 113 Å². The van der Waals surface area contributed by atoms with Crippen molar-refractivity contribution in [2.75, 3.05) is 0 Å². The van der Waals surface area contributed by atoms with Crippen molar-refractivity contribution in [3.8, 4) is 0 Å². The molecule has 0 unspecified atom stereocenters. The van der Waals surface area contributed by atoms with E-state index in [1.807, 2.05) is 12.1 Å². The fourth-order valence-electron chi connectivity index (χ4n) is 6.68. The Balaban J connectivity index is 1.32. The van der Waals surface area contributed by atoms with E-state index in [-0.39, 0.29) is 12.0 Å². The van der Waals surface area contributed by atoms with Gasteiger partial charge in [-0.25, -0.2) is 4.79 Å². The first-order chi connectivity index (χ1) is 17.7. The minimum Gasteiger partial charge on any atom is -0.421 e. The molecule has 0 radical (unpaired) electrons. The van der Waals surface area contributed by atoms with E-state index in [9.17, 15) is 22.4 Å². The molecule has 2 nitrogen and oxygen atoms in total. The first kappa shape index (κ1) is 27.9. The summed E-state index contributed by atoms with van der Waals surface area (Å²) in [4.78, 5) is 12.5. The lowest BCUT2D eigenvalue weighted by Gasteiger charge is -2.38. The number of carbonyl (C=O) groups excluding carboxylic acids is 1. The van der Waals surface area contributed by atoms with Crippen molar-refractivity contribution in [1.29, 1.82) is 0 Å². The van der Waals surface area contributed by atoms with Crippen molar-refractivity contribution >= 4 is 5.97 Å². The molecule has 0 spiro atoms. The fraction of sp³-hybridized carbons (Fsp3) is 0.645. The zero-order valence-corrected chi connectivity index (χ0v) is 22.1. The van der Waals surface area contributed by atoms with Crippen LogP contribution in [-0.2, 0) is 4.74 Å². The number of rotatable bonds is 8. The quantitative estimate of drug-likeness (QED) is 0.252. The van der Waals surface area contributed by atoms with Crippen LogP contribution in [0.5, 0.6) is 0 Å². The predicted molar refractivity (Wildman–Crippen MR) is 138 cm³/mol. The van der Waals surface area contributed by atoms with Crippen molar-refractivity contribution in [2.45, 2.75) is 109 Å². The van der Waals surface area contributed by atoms with Crippen LogP contribution in [0.3, 0.4) is 0 Å². The number of allylic oxidation sites excluding steroid dienone is 4. The number of esters is 1. The van der Waals surface area contributed by atoms with Gasteiger partial charge < -0.3 is 4.74 Å². The topological polar surface area (TPSA) is 26.3 Å². The molecule has 1 aromatic carbocycles. The van der Waals surface area contributed by atoms with E-state index in [4.69, 9.17) is 4.74 Å². The molecule has 0 aromatic heterocycles. The van der Waals surface area contributed by atoms with Gasteiger partial charge in [-0.1, -0.05) is 64.2 Å². The number of hydrogen-bond donors (Lipinski definition) is 0. The molecule has 0 atom stereocenters. The number of hydrogen-bond acceptors (Lipinski definition) is 2. The van der Waals surface area contributed by atoms with Gasteiger partial charge in [-0.2, -0.15) is 17.6 Å². The van der Waals surface area contributed by atoms with Crippen LogP contribution in [0.15, 0.2) is 47.7 Å². The Morgan fingerprint density at radius 1 is 0.811 bits per heavy atom. The van der Waals surface area contributed by atoms with Gasteiger partial charge in [0, 0.05) is 5.57 Å². The van der Waals surface area contributed by atoms with Gasteiger partial charge in [0.25, 0.3) is 0 Å². The van der Waals surface area contributed by atoms with E-state index in [1.165, 1.54) is 51.4 Å². The van der Waals surface area contributed by atoms with Gasteiger partial charge >= 0.3 is 17.8 Å². The van der Waals surface area contributed by atoms with Gasteiger partial charge in [-0.15, -0.1) is 0 Å². The summed E-state index contributed by atoms with van der Waals surface area (Å²) < 4.78 is 62.4. The second-order valence-electron chi connectivity index (χ2n) is 11.3. The largest absolute Gasteiger partial charge is 0.421 e. The van der Waals surface area contributed by atoms with Crippen LogP contribution in [0.2, 0.25) is 0 Å². The zero-order chi connectivity index (χ0) is 26.6. The Morgan fingerprint density at radius 3 is 1.97 bits per heavy atom. The maximum absolute atomic E-state index is 14.5. The maximum Gasteiger partial charge on any atom is 0.370 e. The van der Waals surface area contributed by atoms with Crippen molar-refractivity contribution < 1.29 is 27.1 Å². The van der Waals surface area contributed by atoms with Crippen molar-refractivity contribution in [2.24, 2.45) is 17.8 Å². The van der Waals surface area contributed by atoms with Crippen LogP contribution >= 0.6 is 0 Å². The Kier molecular flexibility index (Phi) is 8.85. The molecule has 204 valence electrons. The first-order valence-corrected chi connectivity index (χ1v) is 14.2. The third-order valence-corrected chi connectivity index (χ3v) is 8.91. The lowest BCUT2D eigenvalue weighted by atomic mass is 9.68. The number of carbonyl (C=O) groups is 1. The third kappa shape index (κ3) is 5.98. The summed E-state index contributed by atoms with van der Waals surface area (Å²) in [6.07, 6.45) is 14.7. The molecule has 2 fully saturated rings. The number of ether oxygens (including phenoxy) is 1. The van der Waals surface area contributed by atoms with Gasteiger partial charge in [0.1, 0.15) is 0 Å². The highest BCUT2D eigenvalue weighted by Gasteiger charge is 2.63. The van der Waals surface area contributed by atoms with Gasteiger partial charge in [0.05, 0.1) is 5.56 Å². The second-order valence-corrected chi connectivity index (χ2v) is 11.3. The summed E-state index contributed by atoms with van der Waals surface area (Å²) in [5.74, 6) is -8.31. The van der Waals surface area contributed by atoms with Crippen LogP contribution in [0, 0.1) is 17.8 Å². The molecule has 4 rings (SSSR count). The normalized spacial score (nSPS) is 29.2. The fourth-order valence-corrected chi connectivity index (χ4v) is 6.68. The molecule has 37 heavy (non-hydrogen) atoms. The molecule has 6 heteroatoms. The van der Waals surface area contributed by atoms with E-state index in [0.29, 0.717) is 12.3 Å². The molecule has 0 amide bonds. The predicted octanol–water partition coefficient (Wildman–Crippen LogP) is 9.62. The Bertz CT molecular complexity index is 979. The molecule has 3 aliphatic rings. The lowest BCUT2D eigenvalue weighted by molar-refractivity contribution is -0.181. The van der Waals surface area contributed by atoms with Gasteiger partial charge in [-0.3, -0.25) is 0 Å². The SMILES string of the molecule is CCCC1=CC=C(OC(=O)c2ccc(C3CCC(C4CCC(CCC)CC4)CC3)cc2)C(F)(F)C1(F)F. The highest BCUT2D eigenvalue weighted by molar-refractivity contribution is 5.90. The van der Waals surface area contributed by atoms with Crippen LogP contribution in [0.25, 0.3) is 0 Å². The maximum atomic E-state index is 14.5. The molecule has 2 saturated carbocycles. The summed E-state index contributed by atoms with van der Waals surface area (Å²) in [5.41, 5.74) is 0.551. The summed E-state index contributed by atoms with van der Waals surface area (Å²) >= 11 is 0. The van der Waals surface area contributed by atoms with Crippen LogP contribution < -0.4 is 0 Å². The van der Waals surface area contributed by atoms with Gasteiger partial charge in [0.2, 0.25) is 0 Å². The molecule has 0 aliphatic heterocycles. The van der Waals surface area contributed by atoms with Crippen LogP contribution in [-0.4, -0.2) is 17.8 Å². The van der Waals surface area contributed by atoms with Gasteiger partial charge in [0.15, 0.2) is 5.76 Å². The van der Waals surface area contributed by atoms with E-state index in [1.54, 1.807) is 19.1 Å². The molecule has 1 aromatic rings. The summed E-state index contributed by atoms with van der Waals surface area (Å²) in [6.45, 7) is 3.92. The number of alkyl halides is 4. The minimum atomic E-state index is -4.57. The smallest absolute Gasteiger partial charge is 0.370 e. The summed E-state index contributed by atoms with van der Waals surface area (Å²) in [7, 11) is 0. The summed E-state index contributed by atoms with van der Waals surface area (Å²) in [5, 5.41) is 0. The van der Waals surface area contributed by atoms with E-state index < -0.39 is 29.1 Å². The highest BCUT2D eigenvalue weighted by atomic mass is 19.3. The molecule has 0 N–H and O–H groups in total. The number of halogens is 4. The van der Waals surface area contributed by atoms with Crippen molar-refractivity contribution in [1.82, 2.24) is 0 Å². The third-order valence-electron chi connectivity index (χ3n) is 8.91. The van der Waals surface area contributed by atoms with Crippen LogP contribution in [0.4, 0.5) is 17.6 Å². The lowest BCUT2D eigenvalue weighted by Crippen LogP contribution is -2.46. The molecule has 0 saturated heterocycles. The van der Waals surface area contributed by atoms with Gasteiger partial charge in [-0.05, 0) is 92.4 Å². The molecule has 0 bridgehead atoms. The zero-order valence-electron chi connectivity index (χ0n) is 22.1. The summed E-state index contributed by atoms with van der Waals surface area (Å²) in [6, 6.07) is 6.80. The molecular formula is C31H40F4O2. The minimum absolute atomic E-state index is 0.0737. The van der Waals surface area contributed by atoms with E-state index in [2.05, 4.69) is 6.92 Å². The monoisotopic (exact) mass is 520 g/mol. The standard InChI is InChI=1S/C31H40F4O2/c1-3-5-21-7-9-22(10-8-21)23-11-13-24(14-12-23)25-15-17-26(18-16-25)29(36)37-28-20-19-27(6-4-2)30(32,33)31(28,34)35/h15-24H,3-14H2,1-2H3. The first-order valence-electron chi connectivity index (χ1n) is 14.2. The number of benzene rings is 1. The van der Waals surface area contributed by atoms with E-state index in [0.717, 1.165) is 48.3 Å². The molecule has 0 heterocycles. The van der Waals surface area contributed by atoms with E-state index >= 15 is 0 Å². The average Bonchev–Trinajstić information content (AvgIpc) is 2.90. The van der Waals surface area contributed by atoms with Crippen molar-refractivity contribution in [3.63, 3.8) is 0 Å². The molecular weight excluding hydrogens is 480 g/mol. The average molecular weight is 521 g/mol. The Labute approximate surface area is 218 Å². The highest BCUT2D eigenvalue weighted by Crippen LogP contribution is 2.49. The molecule has 3 aliphatic carbocycles. The Hall–Kier alpha value is -2.11. The second kappa shape index (κ2) is 11.7.